The van der Waals surface area contributed by atoms with Crippen molar-refractivity contribution in [2.45, 2.75) is 88.1 Å². The molecule has 29 heavy (non-hydrogen) atoms. The van der Waals surface area contributed by atoms with E-state index in [1.807, 2.05) is 6.92 Å². The van der Waals surface area contributed by atoms with E-state index in [-0.39, 0.29) is 30.4 Å². The quantitative estimate of drug-likeness (QED) is 0.609. The number of aliphatic hydroxyl groups excluding tert-OH is 1. The largest absolute Gasteiger partial charge is 0.394 e. The van der Waals surface area contributed by atoms with Gasteiger partial charge in [0.05, 0.1) is 30.1 Å². The Kier molecular flexibility index (Phi) is 5.14. The van der Waals surface area contributed by atoms with Crippen LogP contribution in [-0.2, 0) is 19.1 Å². The average Bonchev–Trinajstić information content (AvgIpc) is 3.28. The molecule has 4 fully saturated rings. The van der Waals surface area contributed by atoms with E-state index in [4.69, 9.17) is 4.74 Å². The first-order valence-corrected chi connectivity index (χ1v) is 10.9. The predicted octanol–water partition coefficient (Wildman–Crippen LogP) is 0.327. The van der Waals surface area contributed by atoms with E-state index >= 15 is 0 Å². The molecule has 8 heteroatoms. The molecule has 2 unspecified atom stereocenters. The zero-order valence-electron chi connectivity index (χ0n) is 17.6. The second-order valence-corrected chi connectivity index (χ2v) is 9.46. The first-order valence-electron chi connectivity index (χ1n) is 10.9. The van der Waals surface area contributed by atoms with Crippen molar-refractivity contribution in [3.8, 4) is 0 Å². The number of fused-ring (bicyclic) bond motifs is 1. The summed E-state index contributed by atoms with van der Waals surface area (Å²) < 4.78 is 6.46. The van der Waals surface area contributed by atoms with E-state index in [2.05, 4.69) is 10.6 Å². The van der Waals surface area contributed by atoms with Crippen LogP contribution in [-0.4, -0.2) is 70.7 Å². The maximum absolute atomic E-state index is 13.5. The van der Waals surface area contributed by atoms with Crippen LogP contribution in [0.25, 0.3) is 0 Å². The highest BCUT2D eigenvalue weighted by atomic mass is 16.5. The number of carbonyl (C=O) groups is 3. The molecular formula is C21H33N3O5. The number of hydrogen-bond donors (Lipinski definition) is 3. The Hall–Kier alpha value is -1.67. The molecule has 3 saturated heterocycles. The molecule has 2 bridgehead atoms. The zero-order chi connectivity index (χ0) is 21.0. The highest BCUT2D eigenvalue weighted by Crippen LogP contribution is 2.63. The summed E-state index contributed by atoms with van der Waals surface area (Å²) in [6.07, 6.45) is 6.44. The zero-order valence-corrected chi connectivity index (χ0v) is 17.6. The van der Waals surface area contributed by atoms with Gasteiger partial charge in [0.15, 0.2) is 0 Å². The Bertz CT molecular complexity index is 708. The maximum Gasteiger partial charge on any atom is 0.246 e. The molecule has 0 radical (unpaired) electrons. The van der Waals surface area contributed by atoms with Crippen LogP contribution in [0.3, 0.4) is 0 Å². The van der Waals surface area contributed by atoms with Crippen LogP contribution >= 0.6 is 0 Å². The predicted molar refractivity (Wildman–Crippen MR) is 105 cm³/mol. The van der Waals surface area contributed by atoms with Gasteiger partial charge >= 0.3 is 0 Å². The van der Waals surface area contributed by atoms with Crippen molar-refractivity contribution in [3.63, 3.8) is 0 Å². The van der Waals surface area contributed by atoms with Crippen LogP contribution < -0.4 is 10.6 Å². The van der Waals surface area contributed by atoms with Crippen LogP contribution in [0.5, 0.6) is 0 Å². The van der Waals surface area contributed by atoms with Gasteiger partial charge in [-0.1, -0.05) is 19.3 Å². The van der Waals surface area contributed by atoms with Gasteiger partial charge in [0.2, 0.25) is 17.7 Å². The maximum atomic E-state index is 13.5. The lowest BCUT2D eigenvalue weighted by Gasteiger charge is -2.37. The fourth-order valence-electron chi connectivity index (χ4n) is 6.31. The summed E-state index contributed by atoms with van der Waals surface area (Å²) in [5.41, 5.74) is -1.76. The number of ether oxygens (including phenoxy) is 1. The van der Waals surface area contributed by atoms with Crippen molar-refractivity contribution < 1.29 is 24.2 Å². The normalized spacial score (nSPS) is 40.1. The van der Waals surface area contributed by atoms with Crippen LogP contribution in [0.2, 0.25) is 0 Å². The van der Waals surface area contributed by atoms with Crippen molar-refractivity contribution in [2.75, 3.05) is 13.7 Å². The SMILES string of the molecule is CNC(=O)[C@H]1[C@H]2C(=O)N([C@H](C)CO)C(C(=O)NC3CCCCC3)C23CC[C@]1(C)O3. The average molecular weight is 408 g/mol. The van der Waals surface area contributed by atoms with Gasteiger partial charge in [-0.2, -0.15) is 0 Å². The van der Waals surface area contributed by atoms with Crippen molar-refractivity contribution >= 4 is 17.7 Å². The third kappa shape index (κ3) is 2.90. The molecule has 4 rings (SSSR count). The number of aliphatic hydroxyl groups is 1. The number of rotatable bonds is 5. The molecule has 6 atom stereocenters. The van der Waals surface area contributed by atoms with Crippen molar-refractivity contribution in [3.05, 3.63) is 0 Å². The Balaban J connectivity index is 1.71. The Morgan fingerprint density at radius 2 is 1.93 bits per heavy atom. The van der Waals surface area contributed by atoms with Gasteiger partial charge in [0, 0.05) is 13.1 Å². The lowest BCUT2D eigenvalue weighted by Crippen LogP contribution is -2.59. The summed E-state index contributed by atoms with van der Waals surface area (Å²) in [5.74, 6) is -2.02. The summed E-state index contributed by atoms with van der Waals surface area (Å²) in [6, 6.07) is -1.23. The second-order valence-electron chi connectivity index (χ2n) is 9.46. The first kappa shape index (κ1) is 20.6. The Labute approximate surface area is 171 Å². The van der Waals surface area contributed by atoms with Crippen molar-refractivity contribution in [1.82, 2.24) is 15.5 Å². The molecule has 1 aliphatic carbocycles. The van der Waals surface area contributed by atoms with Gasteiger partial charge in [-0.3, -0.25) is 14.4 Å². The molecule has 1 spiro atoms. The fourth-order valence-corrected chi connectivity index (χ4v) is 6.31. The van der Waals surface area contributed by atoms with E-state index < -0.39 is 35.1 Å². The summed E-state index contributed by atoms with van der Waals surface area (Å²) in [4.78, 5) is 41.2. The van der Waals surface area contributed by atoms with Crippen LogP contribution in [0.15, 0.2) is 0 Å². The highest BCUT2D eigenvalue weighted by Gasteiger charge is 2.78. The summed E-state index contributed by atoms with van der Waals surface area (Å²) >= 11 is 0. The number of nitrogens with one attached hydrogen (secondary N) is 2. The van der Waals surface area contributed by atoms with Crippen LogP contribution in [0, 0.1) is 11.8 Å². The Morgan fingerprint density at radius 3 is 2.55 bits per heavy atom. The molecule has 4 aliphatic rings. The molecule has 1 saturated carbocycles. The van der Waals surface area contributed by atoms with Gasteiger partial charge in [-0.05, 0) is 39.5 Å². The van der Waals surface area contributed by atoms with Crippen molar-refractivity contribution in [1.29, 1.82) is 0 Å². The summed E-state index contributed by atoms with van der Waals surface area (Å²) in [5, 5.41) is 15.6. The lowest BCUT2D eigenvalue weighted by atomic mass is 9.66. The molecule has 0 aromatic carbocycles. The van der Waals surface area contributed by atoms with Gasteiger partial charge in [0.25, 0.3) is 0 Å². The molecule has 162 valence electrons. The standard InChI is InChI=1S/C21H33N3O5/c1-12(11-25)24-16(18(27)23-13-7-5-4-6-8-13)21-10-9-20(2,29-21)14(17(26)22-3)15(21)19(24)28/h12-16,25H,4-11H2,1-3H3,(H,22,26)(H,23,27)/t12-,14-,15+,16?,20+,21?/m1/s1. The van der Waals surface area contributed by atoms with E-state index in [1.165, 1.54) is 11.3 Å². The monoisotopic (exact) mass is 407 g/mol. The third-order valence-electron chi connectivity index (χ3n) is 7.68. The molecule has 3 aliphatic heterocycles. The van der Waals surface area contributed by atoms with Gasteiger partial charge in [-0.15, -0.1) is 0 Å². The molecular weight excluding hydrogens is 374 g/mol. The number of nitrogens with zero attached hydrogens (tertiary/aromatic N) is 1. The summed E-state index contributed by atoms with van der Waals surface area (Å²) in [6.45, 7) is 3.37. The lowest BCUT2D eigenvalue weighted by molar-refractivity contribution is -0.149. The van der Waals surface area contributed by atoms with E-state index in [1.54, 1.807) is 14.0 Å². The number of carbonyl (C=O) groups excluding carboxylic acids is 3. The fraction of sp³-hybridized carbons (Fsp3) is 0.857. The van der Waals surface area contributed by atoms with E-state index in [0.717, 1.165) is 25.7 Å². The number of hydrogen-bond acceptors (Lipinski definition) is 5. The first-order chi connectivity index (χ1) is 13.8. The van der Waals surface area contributed by atoms with E-state index in [0.29, 0.717) is 12.8 Å². The molecule has 3 heterocycles. The van der Waals surface area contributed by atoms with E-state index in [9.17, 15) is 19.5 Å². The smallest absolute Gasteiger partial charge is 0.246 e. The molecule has 0 aromatic rings. The highest BCUT2D eigenvalue weighted by molar-refractivity contribution is 5.99. The number of amides is 3. The minimum absolute atomic E-state index is 0.108. The Morgan fingerprint density at radius 1 is 1.24 bits per heavy atom. The van der Waals surface area contributed by atoms with Crippen molar-refractivity contribution in [2.24, 2.45) is 11.8 Å². The van der Waals surface area contributed by atoms with Gasteiger partial charge < -0.3 is 25.4 Å². The third-order valence-corrected chi connectivity index (χ3v) is 7.68. The minimum atomic E-state index is -1.01. The van der Waals surface area contributed by atoms with Gasteiger partial charge in [-0.25, -0.2) is 0 Å². The molecule has 3 amide bonds. The molecule has 3 N–H and O–H groups in total. The topological polar surface area (TPSA) is 108 Å². The second kappa shape index (κ2) is 7.23. The minimum Gasteiger partial charge on any atom is -0.394 e. The van der Waals surface area contributed by atoms with Crippen LogP contribution in [0.1, 0.15) is 58.8 Å². The number of likely N-dealkylation sites (tertiary alicyclic amines) is 1. The summed E-state index contributed by atoms with van der Waals surface area (Å²) in [7, 11) is 1.56. The molecule has 8 nitrogen and oxygen atoms in total. The van der Waals surface area contributed by atoms with Gasteiger partial charge in [0.1, 0.15) is 11.6 Å². The molecule has 0 aromatic heterocycles. The van der Waals surface area contributed by atoms with Crippen LogP contribution in [0.4, 0.5) is 0 Å².